The van der Waals surface area contributed by atoms with Gasteiger partial charge in [-0.1, -0.05) is 6.07 Å². The molecule has 0 unspecified atom stereocenters. The molecule has 3 aromatic carbocycles. The van der Waals surface area contributed by atoms with Crippen LogP contribution in [0.4, 0.5) is 17.1 Å². The van der Waals surface area contributed by atoms with Gasteiger partial charge < -0.3 is 10.6 Å². The molecule has 0 heterocycles. The van der Waals surface area contributed by atoms with E-state index in [0.717, 1.165) is 11.1 Å². The predicted octanol–water partition coefficient (Wildman–Crippen LogP) is 4.31. The van der Waals surface area contributed by atoms with E-state index in [2.05, 4.69) is 15.4 Å². The van der Waals surface area contributed by atoms with Crippen LogP contribution in [-0.2, 0) is 14.8 Å². The van der Waals surface area contributed by atoms with Crippen LogP contribution in [0.5, 0.6) is 0 Å². The summed E-state index contributed by atoms with van der Waals surface area (Å²) < 4.78 is 27.8. The number of hydrogen-bond donors (Lipinski definition) is 3. The normalized spacial score (nSPS) is 10.9. The van der Waals surface area contributed by atoms with Crippen LogP contribution in [0, 0.1) is 13.8 Å². The smallest absolute Gasteiger partial charge is 0.261 e. The summed E-state index contributed by atoms with van der Waals surface area (Å²) in [4.78, 5) is 23.6. The second-order valence-corrected chi connectivity index (χ2v) is 8.82. The highest BCUT2D eigenvalue weighted by Gasteiger charge is 2.16. The number of benzene rings is 3. The number of amides is 2. The third-order valence-electron chi connectivity index (χ3n) is 4.65. The van der Waals surface area contributed by atoms with Crippen molar-refractivity contribution in [1.82, 2.24) is 0 Å². The molecule has 160 valence electrons. The molecule has 0 aliphatic heterocycles. The Morgan fingerprint density at radius 1 is 0.710 bits per heavy atom. The molecule has 0 saturated carbocycles. The fraction of sp³-hybridized carbons (Fsp3) is 0.130. The summed E-state index contributed by atoms with van der Waals surface area (Å²) in [5.41, 5.74) is 4.02. The monoisotopic (exact) mass is 437 g/mol. The summed E-state index contributed by atoms with van der Waals surface area (Å²) in [6.45, 7) is 5.28. The molecule has 0 saturated heterocycles. The van der Waals surface area contributed by atoms with E-state index in [1.807, 2.05) is 19.9 Å². The first-order chi connectivity index (χ1) is 14.6. The van der Waals surface area contributed by atoms with Gasteiger partial charge >= 0.3 is 0 Å². The molecular weight excluding hydrogens is 414 g/mol. The van der Waals surface area contributed by atoms with Crippen molar-refractivity contribution in [1.29, 1.82) is 0 Å². The molecule has 0 aliphatic carbocycles. The maximum absolute atomic E-state index is 12.6. The molecule has 0 atom stereocenters. The van der Waals surface area contributed by atoms with Gasteiger partial charge in [-0.25, -0.2) is 8.42 Å². The van der Waals surface area contributed by atoms with Crippen LogP contribution in [-0.4, -0.2) is 20.2 Å². The van der Waals surface area contributed by atoms with Crippen molar-refractivity contribution in [2.24, 2.45) is 0 Å². The minimum atomic E-state index is -3.78. The largest absolute Gasteiger partial charge is 0.326 e. The number of hydrogen-bond acceptors (Lipinski definition) is 4. The highest BCUT2D eigenvalue weighted by molar-refractivity contribution is 7.92. The Kier molecular flexibility index (Phi) is 6.41. The van der Waals surface area contributed by atoms with E-state index in [1.165, 1.54) is 31.2 Å². The molecule has 7 nitrogen and oxygen atoms in total. The molecule has 0 fully saturated rings. The predicted molar refractivity (Wildman–Crippen MR) is 122 cm³/mol. The maximum Gasteiger partial charge on any atom is 0.261 e. The van der Waals surface area contributed by atoms with E-state index in [-0.39, 0.29) is 16.7 Å². The number of carbonyl (C=O) groups is 2. The molecule has 0 bridgehead atoms. The van der Waals surface area contributed by atoms with Gasteiger partial charge in [-0.3, -0.25) is 14.3 Å². The molecule has 31 heavy (non-hydrogen) atoms. The Hall–Kier alpha value is -3.65. The zero-order valence-corrected chi connectivity index (χ0v) is 18.2. The zero-order chi connectivity index (χ0) is 22.6. The van der Waals surface area contributed by atoms with Crippen molar-refractivity contribution >= 4 is 38.9 Å². The van der Waals surface area contributed by atoms with Gasteiger partial charge in [0.15, 0.2) is 0 Å². The number of nitrogens with one attached hydrogen (secondary N) is 3. The van der Waals surface area contributed by atoms with Crippen molar-refractivity contribution in [3.63, 3.8) is 0 Å². The van der Waals surface area contributed by atoms with Gasteiger partial charge in [-0.2, -0.15) is 0 Å². The van der Waals surface area contributed by atoms with Crippen LogP contribution < -0.4 is 15.4 Å². The topological polar surface area (TPSA) is 104 Å². The number of aryl methyl sites for hydroxylation is 2. The number of carbonyl (C=O) groups excluding carboxylic acids is 2. The van der Waals surface area contributed by atoms with Crippen molar-refractivity contribution < 1.29 is 18.0 Å². The van der Waals surface area contributed by atoms with E-state index in [9.17, 15) is 18.0 Å². The van der Waals surface area contributed by atoms with E-state index in [0.29, 0.717) is 22.6 Å². The molecule has 0 radical (unpaired) electrons. The first kappa shape index (κ1) is 22.0. The first-order valence-corrected chi connectivity index (χ1v) is 11.0. The first-order valence-electron chi connectivity index (χ1n) is 9.53. The maximum atomic E-state index is 12.6. The van der Waals surface area contributed by atoms with E-state index < -0.39 is 10.0 Å². The lowest BCUT2D eigenvalue weighted by atomic mass is 10.1. The van der Waals surface area contributed by atoms with Crippen LogP contribution >= 0.6 is 0 Å². The van der Waals surface area contributed by atoms with E-state index in [4.69, 9.17) is 0 Å². The van der Waals surface area contributed by atoms with E-state index in [1.54, 1.807) is 36.4 Å². The minimum absolute atomic E-state index is 0.0574. The average Bonchev–Trinajstić information content (AvgIpc) is 2.72. The molecule has 2 amide bonds. The van der Waals surface area contributed by atoms with Gasteiger partial charge in [0.2, 0.25) is 5.91 Å². The molecule has 8 heteroatoms. The summed E-state index contributed by atoms with van der Waals surface area (Å²) in [5, 5.41) is 5.38. The number of sulfonamides is 1. The van der Waals surface area contributed by atoms with Gasteiger partial charge in [-0.05, 0) is 85.6 Å². The average molecular weight is 438 g/mol. The molecule has 0 spiro atoms. The Morgan fingerprint density at radius 2 is 1.26 bits per heavy atom. The van der Waals surface area contributed by atoms with Crippen molar-refractivity contribution in [2.75, 3.05) is 15.4 Å². The summed E-state index contributed by atoms with van der Waals surface area (Å²) in [6.07, 6.45) is 0. The van der Waals surface area contributed by atoms with Crippen LogP contribution in [0.2, 0.25) is 0 Å². The Morgan fingerprint density at radius 3 is 1.81 bits per heavy atom. The number of rotatable bonds is 6. The fourth-order valence-electron chi connectivity index (χ4n) is 2.85. The van der Waals surface area contributed by atoms with Gasteiger partial charge in [0.25, 0.3) is 15.9 Å². The second-order valence-electron chi connectivity index (χ2n) is 7.14. The molecule has 3 rings (SSSR count). The summed E-state index contributed by atoms with van der Waals surface area (Å²) in [7, 11) is -3.78. The van der Waals surface area contributed by atoms with Gasteiger partial charge in [-0.15, -0.1) is 0 Å². The summed E-state index contributed by atoms with van der Waals surface area (Å²) in [5.74, 6) is -0.558. The SMILES string of the molecule is CC(=O)Nc1ccc(NC(=O)c2ccc(S(=O)(=O)Nc3ccc(C)c(C)c3)cc2)cc1. The standard InChI is InChI=1S/C23H23N3O4S/c1-15-4-7-21(14-16(15)2)26-31(29,30)22-12-5-18(6-13-22)23(28)25-20-10-8-19(9-11-20)24-17(3)27/h4-14,26H,1-3H3,(H,24,27)(H,25,28). The third kappa shape index (κ3) is 5.70. The zero-order valence-electron chi connectivity index (χ0n) is 17.4. The Bertz CT molecular complexity index is 1220. The van der Waals surface area contributed by atoms with Crippen molar-refractivity contribution in [3.05, 3.63) is 83.4 Å². The minimum Gasteiger partial charge on any atom is -0.326 e. The fourth-order valence-corrected chi connectivity index (χ4v) is 3.90. The lowest BCUT2D eigenvalue weighted by Gasteiger charge is -2.11. The summed E-state index contributed by atoms with van der Waals surface area (Å²) in [6, 6.07) is 17.7. The van der Waals surface area contributed by atoms with Crippen LogP contribution in [0.25, 0.3) is 0 Å². The van der Waals surface area contributed by atoms with Gasteiger partial charge in [0.05, 0.1) is 4.90 Å². The molecule has 3 N–H and O–H groups in total. The summed E-state index contributed by atoms with van der Waals surface area (Å²) >= 11 is 0. The van der Waals surface area contributed by atoms with Crippen molar-refractivity contribution in [3.8, 4) is 0 Å². The van der Waals surface area contributed by atoms with Crippen molar-refractivity contribution in [2.45, 2.75) is 25.7 Å². The van der Waals surface area contributed by atoms with Crippen LogP contribution in [0.1, 0.15) is 28.4 Å². The molecule has 3 aromatic rings. The van der Waals surface area contributed by atoms with Gasteiger partial charge in [0.1, 0.15) is 0 Å². The number of anilines is 3. The lowest BCUT2D eigenvalue weighted by molar-refractivity contribution is -0.114. The Labute approximate surface area is 181 Å². The quantitative estimate of drug-likeness (QED) is 0.534. The Balaban J connectivity index is 1.69. The third-order valence-corrected chi connectivity index (χ3v) is 6.05. The highest BCUT2D eigenvalue weighted by atomic mass is 32.2. The van der Waals surface area contributed by atoms with Crippen LogP contribution in [0.15, 0.2) is 71.6 Å². The van der Waals surface area contributed by atoms with Gasteiger partial charge in [0, 0.05) is 29.5 Å². The molecular formula is C23H23N3O4S. The molecule has 0 aliphatic rings. The highest BCUT2D eigenvalue weighted by Crippen LogP contribution is 2.20. The molecule has 0 aromatic heterocycles. The lowest BCUT2D eigenvalue weighted by Crippen LogP contribution is -2.15. The van der Waals surface area contributed by atoms with E-state index >= 15 is 0 Å². The van der Waals surface area contributed by atoms with Crippen LogP contribution in [0.3, 0.4) is 0 Å². The second kappa shape index (κ2) is 9.01.